The molecule has 30 heteroatoms. The van der Waals surface area contributed by atoms with Crippen molar-refractivity contribution in [2.24, 2.45) is 45.5 Å². The molecule has 2 aromatic heterocycles. The van der Waals surface area contributed by atoms with Gasteiger partial charge in [0, 0.05) is 48.2 Å². The fourth-order valence-electron chi connectivity index (χ4n) is 10.7. The molecule has 10 atom stereocenters. The van der Waals surface area contributed by atoms with E-state index < -0.39 is 124 Å². The van der Waals surface area contributed by atoms with Crippen LogP contribution in [0.5, 0.6) is 5.75 Å². The maximum absolute atomic E-state index is 14.2. The second kappa shape index (κ2) is 31.9. The third kappa shape index (κ3) is 17.5. The number of carbonyl (C=O) groups excluding carboxylic acids is 11. The van der Waals surface area contributed by atoms with E-state index in [1.807, 2.05) is 13.8 Å². The van der Waals surface area contributed by atoms with E-state index in [0.717, 1.165) is 16.7 Å². The molecule has 0 bridgehead atoms. The summed E-state index contributed by atoms with van der Waals surface area (Å²) >= 11 is 0.912. The maximum Gasteiger partial charge on any atom is 0.343 e. The number of ketones is 1. The quantitative estimate of drug-likeness (QED) is 0.00675. The number of likely N-dealkylation sites (tertiary alicyclic amines) is 1. The number of unbranched alkanes of at least 4 members (excludes halogenated alkanes) is 1. The number of benzene rings is 1. The Kier molecular flexibility index (Phi) is 25.1. The van der Waals surface area contributed by atoms with Crippen molar-refractivity contribution in [3.05, 3.63) is 57.4 Å². The average molecular weight is 1270 g/mol. The van der Waals surface area contributed by atoms with Crippen LogP contribution in [0.4, 0.5) is 0 Å². The van der Waals surface area contributed by atoms with Crippen LogP contribution in [0.15, 0.2) is 40.1 Å². The zero-order valence-electron chi connectivity index (χ0n) is 51.6. The Balaban J connectivity index is 1.06. The number of amides is 8. The van der Waals surface area contributed by atoms with Crippen molar-refractivity contribution in [1.29, 1.82) is 0 Å². The number of nitrogens with zero attached hydrogens (tertiary/aromatic N) is 4. The summed E-state index contributed by atoms with van der Waals surface area (Å²) in [6.07, 6.45) is 0.741. The van der Waals surface area contributed by atoms with Crippen LogP contribution in [0.3, 0.4) is 0 Å². The molecule has 0 radical (unpaired) electrons. The normalized spacial score (nSPS) is 18.4. The van der Waals surface area contributed by atoms with Crippen molar-refractivity contribution < 1.29 is 67.3 Å². The first-order chi connectivity index (χ1) is 42.7. The molecule has 3 aromatic rings. The zero-order chi connectivity index (χ0) is 66.3. The van der Waals surface area contributed by atoms with Crippen molar-refractivity contribution in [2.45, 2.75) is 179 Å². The standard InChI is InChI=1S/C60H84N14O15S/c1-7-30(4)48(32(6)75)71-53(81)40(13-10-11-20-61)70-55(83)49(31(5)8-2)72-54(82)42(17-18-45(63)76)69-52(80)41(14-12-21-66-59(64)65)68-51(79)38(62)29-90-44-26-46(77)73(57(44)85)22-19-47(78)89-35-15-16-39-33(24-35)23-34-27-74-43(50(34)67-39)25-37-36(56(74)84)28-88-58(86)60(37,87)9-3/h15-16,23-25,30-31,38,40-42,44,48-49,87H,7-14,17-22,26-29,61-62H2,1-6H3,(H2,63,76)(H,68,79)(H,69,80)(H,70,83)(H,71,81)(H,72,82)(H4,64,65,66)/t30?,31?,38-,40-,41-,42-,44?,48-,49-,60-/m0/s1. The number of thioether (sulfide) groups is 1. The highest BCUT2D eigenvalue weighted by Crippen LogP contribution is 2.39. The molecule has 16 N–H and O–H groups in total. The number of aliphatic hydroxyl groups is 1. The lowest BCUT2D eigenvalue weighted by Crippen LogP contribution is -2.60. The van der Waals surface area contributed by atoms with Gasteiger partial charge >= 0.3 is 11.9 Å². The molecule has 90 heavy (non-hydrogen) atoms. The summed E-state index contributed by atoms with van der Waals surface area (Å²) in [6.45, 7) is 10.0. The smallest absolute Gasteiger partial charge is 0.343 e. The van der Waals surface area contributed by atoms with Crippen LogP contribution < -0.4 is 65.5 Å². The maximum atomic E-state index is 14.2. The van der Waals surface area contributed by atoms with E-state index in [1.165, 1.54) is 17.6 Å². The molecule has 6 rings (SSSR count). The summed E-state index contributed by atoms with van der Waals surface area (Å²) in [5, 5.41) is 24.1. The molecule has 0 spiro atoms. The Bertz CT molecular complexity index is 3340. The van der Waals surface area contributed by atoms with Crippen molar-refractivity contribution in [3.8, 4) is 17.1 Å². The van der Waals surface area contributed by atoms with Gasteiger partial charge in [-0.1, -0.05) is 47.5 Å². The second-order valence-electron chi connectivity index (χ2n) is 23.0. The number of hydrogen-bond acceptors (Lipinski definition) is 20. The van der Waals surface area contributed by atoms with Crippen LogP contribution in [0.2, 0.25) is 0 Å². The van der Waals surface area contributed by atoms with Crippen LogP contribution in [-0.4, -0.2) is 157 Å². The van der Waals surface area contributed by atoms with Gasteiger partial charge in [-0.05, 0) is 101 Å². The zero-order valence-corrected chi connectivity index (χ0v) is 52.4. The van der Waals surface area contributed by atoms with E-state index in [-0.39, 0.29) is 111 Å². The molecule has 1 fully saturated rings. The van der Waals surface area contributed by atoms with E-state index >= 15 is 0 Å². The molecule has 3 unspecified atom stereocenters. The summed E-state index contributed by atoms with van der Waals surface area (Å²) in [7, 11) is 0. The summed E-state index contributed by atoms with van der Waals surface area (Å²) in [5.74, 6) is -8.93. The van der Waals surface area contributed by atoms with Crippen LogP contribution in [-0.2, 0) is 76.2 Å². The molecule has 5 heterocycles. The number of cyclic esters (lactones) is 1. The third-order valence-corrected chi connectivity index (χ3v) is 17.8. The number of pyridine rings is 2. The number of primary amides is 1. The summed E-state index contributed by atoms with van der Waals surface area (Å²) in [6, 6.07) is 0.609. The molecule has 490 valence electrons. The van der Waals surface area contributed by atoms with Gasteiger partial charge in [-0.3, -0.25) is 62.6 Å². The van der Waals surface area contributed by atoms with Gasteiger partial charge in [0.2, 0.25) is 47.3 Å². The van der Waals surface area contributed by atoms with Crippen molar-refractivity contribution in [3.63, 3.8) is 0 Å². The van der Waals surface area contributed by atoms with E-state index in [2.05, 4.69) is 31.6 Å². The van der Waals surface area contributed by atoms with E-state index in [9.17, 15) is 62.6 Å². The first-order valence-corrected chi connectivity index (χ1v) is 31.3. The number of carbonyl (C=O) groups is 11. The first kappa shape index (κ1) is 70.7. The topological polar surface area (TPSA) is 467 Å². The van der Waals surface area contributed by atoms with Crippen molar-refractivity contribution in [2.75, 3.05) is 25.4 Å². The van der Waals surface area contributed by atoms with Gasteiger partial charge in [-0.2, -0.15) is 0 Å². The number of fused-ring (bicyclic) bond motifs is 5. The van der Waals surface area contributed by atoms with E-state index in [1.54, 1.807) is 45.0 Å². The van der Waals surface area contributed by atoms with Crippen LogP contribution in [0, 0.1) is 11.8 Å². The highest BCUT2D eigenvalue weighted by molar-refractivity contribution is 8.00. The first-order valence-electron chi connectivity index (χ1n) is 30.2. The molecular weight excluding hydrogens is 1190 g/mol. The van der Waals surface area contributed by atoms with Gasteiger partial charge in [-0.25, -0.2) is 9.78 Å². The Morgan fingerprint density at radius 2 is 1.43 bits per heavy atom. The molecule has 29 nitrogen and oxygen atoms in total. The monoisotopic (exact) mass is 1270 g/mol. The van der Waals surface area contributed by atoms with Crippen LogP contribution in [0.1, 0.15) is 135 Å². The van der Waals surface area contributed by atoms with Crippen LogP contribution >= 0.6 is 11.8 Å². The summed E-state index contributed by atoms with van der Waals surface area (Å²) in [5.41, 5.74) is 28.6. The molecule has 3 aliphatic heterocycles. The lowest BCUT2D eigenvalue weighted by molar-refractivity contribution is -0.172. The number of rotatable bonds is 34. The van der Waals surface area contributed by atoms with E-state index in [4.69, 9.17) is 43.1 Å². The highest BCUT2D eigenvalue weighted by Gasteiger charge is 2.46. The second-order valence-corrected chi connectivity index (χ2v) is 24.2. The summed E-state index contributed by atoms with van der Waals surface area (Å²) < 4.78 is 12.2. The lowest BCUT2D eigenvalue weighted by Gasteiger charge is -2.31. The number of guanidine groups is 1. The number of imide groups is 1. The number of ether oxygens (including phenoxy) is 2. The van der Waals surface area contributed by atoms with E-state index in [0.29, 0.717) is 60.1 Å². The minimum absolute atomic E-state index is 0.00877. The molecule has 0 aliphatic carbocycles. The van der Waals surface area contributed by atoms with Gasteiger partial charge in [0.15, 0.2) is 17.3 Å². The predicted molar refractivity (Wildman–Crippen MR) is 331 cm³/mol. The Labute approximate surface area is 524 Å². The predicted octanol–water partition coefficient (Wildman–Crippen LogP) is -0.884. The van der Waals surface area contributed by atoms with Crippen molar-refractivity contribution in [1.82, 2.24) is 41.0 Å². The van der Waals surface area contributed by atoms with Gasteiger partial charge < -0.3 is 74.4 Å². The van der Waals surface area contributed by atoms with Gasteiger partial charge in [0.25, 0.3) is 5.56 Å². The number of nitrogens with two attached hydrogens (primary N) is 5. The number of Topliss-reactive ketones (excluding diaryl/α,β-unsaturated/α-hetero) is 1. The fourth-order valence-corrected chi connectivity index (χ4v) is 11.8. The Morgan fingerprint density at radius 3 is 2.07 bits per heavy atom. The highest BCUT2D eigenvalue weighted by atomic mass is 32.2. The number of aliphatic imine (C=N–C) groups is 1. The largest absolute Gasteiger partial charge is 0.458 e. The third-order valence-electron chi connectivity index (χ3n) is 16.5. The minimum Gasteiger partial charge on any atom is -0.458 e. The molecule has 0 saturated carbocycles. The molecule has 3 aliphatic rings. The van der Waals surface area contributed by atoms with Gasteiger partial charge in [0.05, 0.1) is 52.8 Å². The number of hydrogen-bond donors (Lipinski definition) is 11. The SMILES string of the molecule is CCC(C)[C@H](NC(=O)[C@H](CCCCN)NC(=O)[C@@H](NC(=O)[C@H](CCC(N)=O)NC(=O)[C@H](CCCN=C(N)N)NC(=O)[C@@H](N)CSC1CC(=O)N(CCC(=O)Oc2ccc3nc4c(cc3c2)Cn2c-4cc3c(c2=O)COC(=O)[C@]3(O)CC)C1=O)C(C)CC)C(C)=O. The number of esters is 2. The van der Waals surface area contributed by atoms with Gasteiger partial charge in [0.1, 0.15) is 36.5 Å². The summed E-state index contributed by atoms with van der Waals surface area (Å²) in [4.78, 5) is 170. The number of nitrogens with one attached hydrogen (secondary N) is 5. The minimum atomic E-state index is -1.99. The molecule has 1 aromatic carbocycles. The molecule has 8 amide bonds. The van der Waals surface area contributed by atoms with Gasteiger partial charge in [-0.15, -0.1) is 11.8 Å². The Morgan fingerprint density at radius 1 is 0.811 bits per heavy atom. The lowest BCUT2D eigenvalue weighted by atomic mass is 9.86. The molecule has 1 saturated heterocycles. The van der Waals surface area contributed by atoms with Crippen molar-refractivity contribution >= 4 is 93.6 Å². The van der Waals surface area contributed by atoms with Crippen LogP contribution in [0.25, 0.3) is 22.3 Å². The molecular formula is C60H84N14O15S. The Hall–Kier alpha value is -8.35. The average Bonchev–Trinajstić information content (AvgIpc) is 1.46. The number of aromatic nitrogens is 2. The fraction of sp³-hybridized carbons (Fsp3) is 0.567.